The summed E-state index contributed by atoms with van der Waals surface area (Å²) in [6, 6.07) is 1.40. The molecular weight excluding hydrogens is 397 g/mol. The predicted octanol–water partition coefficient (Wildman–Crippen LogP) is 2.81. The van der Waals surface area contributed by atoms with Crippen molar-refractivity contribution in [1.82, 2.24) is 15.1 Å². The van der Waals surface area contributed by atoms with Crippen molar-refractivity contribution in [2.75, 3.05) is 26.2 Å². The topological polar surface area (TPSA) is 52.7 Å². The van der Waals surface area contributed by atoms with Gasteiger partial charge in [0, 0.05) is 25.7 Å². The fourth-order valence-corrected chi connectivity index (χ4v) is 3.30. The summed E-state index contributed by atoms with van der Waals surface area (Å²) in [6.07, 6.45) is -4.33. The van der Waals surface area contributed by atoms with Gasteiger partial charge in [0.15, 0.2) is 0 Å². The van der Waals surface area contributed by atoms with E-state index in [0.29, 0.717) is 0 Å². The van der Waals surface area contributed by atoms with Gasteiger partial charge in [0.2, 0.25) is 5.91 Å². The first-order chi connectivity index (χ1) is 13.4. The van der Waals surface area contributed by atoms with E-state index in [-0.39, 0.29) is 19.6 Å². The standard InChI is InChI=1S/C19H24F5N3O2/c1-11(2)16(25-17(28)15-13(20)5-4-6-14(15)21)18(29)26-7-8-27(12(3)9-26)10-19(22,23)24/h4-6,11-12,16H,7-10H2,1-3H3,(H,25,28). The number of halogens is 5. The summed E-state index contributed by atoms with van der Waals surface area (Å²) in [6.45, 7) is 3.99. The Kier molecular flexibility index (Phi) is 7.20. The second-order valence-electron chi connectivity index (χ2n) is 7.51. The van der Waals surface area contributed by atoms with E-state index in [1.54, 1.807) is 20.8 Å². The number of nitrogens with one attached hydrogen (secondary N) is 1. The van der Waals surface area contributed by atoms with Crippen LogP contribution in [0, 0.1) is 17.6 Å². The lowest BCUT2D eigenvalue weighted by Crippen LogP contribution is -2.60. The predicted molar refractivity (Wildman–Crippen MR) is 96.1 cm³/mol. The van der Waals surface area contributed by atoms with Crippen molar-refractivity contribution in [2.45, 2.75) is 39.0 Å². The molecule has 2 rings (SSSR count). The first-order valence-electron chi connectivity index (χ1n) is 9.25. The molecule has 2 amide bonds. The van der Waals surface area contributed by atoms with Crippen molar-refractivity contribution < 1.29 is 31.5 Å². The van der Waals surface area contributed by atoms with Crippen LogP contribution < -0.4 is 5.32 Å². The highest BCUT2D eigenvalue weighted by molar-refractivity contribution is 5.98. The van der Waals surface area contributed by atoms with Crippen molar-refractivity contribution in [3.63, 3.8) is 0 Å². The minimum absolute atomic E-state index is 0.0348. The molecule has 0 saturated carbocycles. The Balaban J connectivity index is 2.09. The van der Waals surface area contributed by atoms with Gasteiger partial charge in [-0.15, -0.1) is 0 Å². The molecule has 1 heterocycles. The molecule has 0 radical (unpaired) electrons. The molecule has 1 aliphatic heterocycles. The summed E-state index contributed by atoms with van der Waals surface area (Å²) in [5, 5.41) is 2.37. The second-order valence-corrected chi connectivity index (χ2v) is 7.51. The number of hydrogen-bond acceptors (Lipinski definition) is 3. The molecule has 0 aromatic heterocycles. The lowest BCUT2D eigenvalue weighted by Gasteiger charge is -2.41. The van der Waals surface area contributed by atoms with Gasteiger partial charge in [-0.2, -0.15) is 13.2 Å². The van der Waals surface area contributed by atoms with E-state index in [1.165, 1.54) is 9.80 Å². The van der Waals surface area contributed by atoms with Crippen LogP contribution >= 0.6 is 0 Å². The smallest absolute Gasteiger partial charge is 0.340 e. The molecule has 1 aromatic rings. The molecule has 5 nitrogen and oxygen atoms in total. The lowest BCUT2D eigenvalue weighted by atomic mass is 10.0. The summed E-state index contributed by atoms with van der Waals surface area (Å²) < 4.78 is 65.6. The first kappa shape index (κ1) is 23.1. The van der Waals surface area contributed by atoms with Crippen molar-refractivity contribution in [2.24, 2.45) is 5.92 Å². The number of hydrogen-bond donors (Lipinski definition) is 1. The fraction of sp³-hybridized carbons (Fsp3) is 0.579. The number of carbonyl (C=O) groups excluding carboxylic acids is 2. The number of piperazine rings is 1. The van der Waals surface area contributed by atoms with Gasteiger partial charge in [-0.25, -0.2) is 8.78 Å². The van der Waals surface area contributed by atoms with Crippen LogP contribution in [0.1, 0.15) is 31.1 Å². The fourth-order valence-electron chi connectivity index (χ4n) is 3.30. The Morgan fingerprint density at radius 2 is 1.76 bits per heavy atom. The number of carbonyl (C=O) groups is 2. The van der Waals surface area contributed by atoms with Gasteiger partial charge >= 0.3 is 6.18 Å². The van der Waals surface area contributed by atoms with Crippen LogP contribution in [0.15, 0.2) is 18.2 Å². The highest BCUT2D eigenvalue weighted by Gasteiger charge is 2.38. The van der Waals surface area contributed by atoms with Gasteiger partial charge < -0.3 is 10.2 Å². The van der Waals surface area contributed by atoms with Gasteiger partial charge in [0.25, 0.3) is 5.91 Å². The van der Waals surface area contributed by atoms with Crippen LogP contribution in [-0.2, 0) is 4.79 Å². The van der Waals surface area contributed by atoms with E-state index in [4.69, 9.17) is 0 Å². The summed E-state index contributed by atoms with van der Waals surface area (Å²) in [5.41, 5.74) is -0.783. The first-order valence-corrected chi connectivity index (χ1v) is 9.25. The average molecular weight is 421 g/mol. The Bertz CT molecular complexity index is 734. The molecular formula is C19H24F5N3O2. The zero-order chi connectivity index (χ0) is 21.9. The van der Waals surface area contributed by atoms with Gasteiger partial charge in [0.05, 0.1) is 6.54 Å². The molecule has 162 valence electrons. The van der Waals surface area contributed by atoms with Crippen molar-refractivity contribution in [3.05, 3.63) is 35.4 Å². The maximum atomic E-state index is 13.8. The van der Waals surface area contributed by atoms with Gasteiger partial charge in [-0.05, 0) is 25.0 Å². The Morgan fingerprint density at radius 3 is 2.24 bits per heavy atom. The molecule has 1 fully saturated rings. The van der Waals surface area contributed by atoms with Crippen molar-refractivity contribution in [1.29, 1.82) is 0 Å². The molecule has 0 bridgehead atoms. The van der Waals surface area contributed by atoms with Crippen LogP contribution in [0.3, 0.4) is 0 Å². The third-order valence-electron chi connectivity index (χ3n) is 4.87. The Labute approximate surface area is 165 Å². The largest absolute Gasteiger partial charge is 0.401 e. The van der Waals surface area contributed by atoms with E-state index < -0.39 is 59.7 Å². The zero-order valence-electron chi connectivity index (χ0n) is 16.4. The SMILES string of the molecule is CC(C)C(NC(=O)c1c(F)cccc1F)C(=O)N1CCN(CC(F)(F)F)C(C)C1. The van der Waals surface area contributed by atoms with Gasteiger partial charge in [-0.1, -0.05) is 19.9 Å². The third kappa shape index (κ3) is 5.88. The number of alkyl halides is 3. The minimum Gasteiger partial charge on any atom is -0.340 e. The molecule has 1 saturated heterocycles. The molecule has 0 aliphatic carbocycles. The normalized spacial score (nSPS) is 19.3. The van der Waals surface area contributed by atoms with Crippen LogP contribution in [0.25, 0.3) is 0 Å². The highest BCUT2D eigenvalue weighted by Crippen LogP contribution is 2.21. The third-order valence-corrected chi connectivity index (χ3v) is 4.87. The Morgan fingerprint density at radius 1 is 1.17 bits per heavy atom. The minimum atomic E-state index is -4.33. The monoisotopic (exact) mass is 421 g/mol. The van der Waals surface area contributed by atoms with Crippen molar-refractivity contribution >= 4 is 11.8 Å². The quantitative estimate of drug-likeness (QED) is 0.744. The van der Waals surface area contributed by atoms with Crippen molar-refractivity contribution in [3.8, 4) is 0 Å². The molecule has 2 unspecified atom stereocenters. The average Bonchev–Trinajstić information content (AvgIpc) is 2.59. The zero-order valence-corrected chi connectivity index (χ0v) is 16.4. The van der Waals surface area contributed by atoms with Crippen LogP contribution in [0.4, 0.5) is 22.0 Å². The van der Waals surface area contributed by atoms with Crippen LogP contribution in [0.2, 0.25) is 0 Å². The maximum Gasteiger partial charge on any atom is 0.401 e. The van der Waals surface area contributed by atoms with E-state index in [9.17, 15) is 31.5 Å². The van der Waals surface area contributed by atoms with Gasteiger partial charge in [-0.3, -0.25) is 14.5 Å². The van der Waals surface area contributed by atoms with E-state index >= 15 is 0 Å². The maximum absolute atomic E-state index is 13.8. The summed E-state index contributed by atoms with van der Waals surface area (Å²) in [5.74, 6) is -4.05. The number of benzene rings is 1. The second kappa shape index (κ2) is 9.06. The molecule has 1 aromatic carbocycles. The molecule has 29 heavy (non-hydrogen) atoms. The molecule has 0 spiro atoms. The summed E-state index contributed by atoms with van der Waals surface area (Å²) >= 11 is 0. The molecule has 2 atom stereocenters. The number of rotatable bonds is 5. The lowest BCUT2D eigenvalue weighted by molar-refractivity contribution is -0.158. The summed E-state index contributed by atoms with van der Waals surface area (Å²) in [4.78, 5) is 27.9. The van der Waals surface area contributed by atoms with Crippen LogP contribution in [-0.4, -0.2) is 66.1 Å². The molecule has 1 aliphatic rings. The molecule has 1 N–H and O–H groups in total. The summed E-state index contributed by atoms with van der Waals surface area (Å²) in [7, 11) is 0. The number of nitrogens with zero attached hydrogens (tertiary/aromatic N) is 2. The van der Waals surface area contributed by atoms with Gasteiger partial charge in [0.1, 0.15) is 23.2 Å². The Hall–Kier alpha value is -2.23. The van der Waals surface area contributed by atoms with E-state index in [1.807, 2.05) is 0 Å². The number of amides is 2. The van der Waals surface area contributed by atoms with E-state index in [0.717, 1.165) is 18.2 Å². The highest BCUT2D eigenvalue weighted by atomic mass is 19.4. The van der Waals surface area contributed by atoms with Crippen LogP contribution in [0.5, 0.6) is 0 Å². The molecule has 10 heteroatoms. The van der Waals surface area contributed by atoms with E-state index in [2.05, 4.69) is 5.32 Å².